The molecule has 0 atom stereocenters. The molecule has 0 radical (unpaired) electrons. The number of rotatable bonds is 2. The summed E-state index contributed by atoms with van der Waals surface area (Å²) in [6.45, 7) is 0. The van der Waals surface area contributed by atoms with Crippen molar-refractivity contribution in [2.45, 2.75) is 0 Å². The number of benzene rings is 1. The fraction of sp³-hybridized carbons (Fsp3) is 0. The lowest BCUT2D eigenvalue weighted by Crippen LogP contribution is -1.69. The fourth-order valence-corrected chi connectivity index (χ4v) is 1.24. The molecule has 0 fully saturated rings. The molecule has 0 N–H and O–H groups in total. The van der Waals surface area contributed by atoms with Crippen molar-refractivity contribution in [3.63, 3.8) is 0 Å². The van der Waals surface area contributed by atoms with E-state index >= 15 is 0 Å². The molecule has 0 aliphatic carbocycles. The van der Waals surface area contributed by atoms with Gasteiger partial charge >= 0.3 is 0 Å². The molecule has 0 aliphatic rings. The van der Waals surface area contributed by atoms with Crippen LogP contribution in [0.2, 0.25) is 5.02 Å². The topological polar surface area (TPSA) is 0 Å². The molecule has 1 aromatic carbocycles. The summed E-state index contributed by atoms with van der Waals surface area (Å²) in [6.07, 6.45) is 5.86. The second kappa shape index (κ2) is 5.63. The van der Waals surface area contributed by atoms with Gasteiger partial charge in [0.05, 0.1) is 3.39 Å². The Bertz CT molecular complexity index is 321. The molecule has 0 nitrogen and oxygen atoms in total. The van der Waals surface area contributed by atoms with E-state index in [-0.39, 0.29) is 0 Å². The van der Waals surface area contributed by atoms with E-state index in [0.717, 1.165) is 14.0 Å². The van der Waals surface area contributed by atoms with Gasteiger partial charge in [-0.05, 0) is 55.6 Å². The van der Waals surface area contributed by atoms with E-state index in [1.54, 1.807) is 0 Å². The second-order valence-corrected chi connectivity index (χ2v) is 5.58. The Kier molecular flexibility index (Phi) is 4.78. The standard InChI is InChI=1S/C10H7Br2Cl/c11-10(12)3-1-2-8-4-6-9(13)7-5-8/h1-7H. The number of halogens is 3. The average molecular weight is 322 g/mol. The molecule has 0 saturated heterocycles. The van der Waals surface area contributed by atoms with Gasteiger partial charge < -0.3 is 0 Å². The van der Waals surface area contributed by atoms with Crippen molar-refractivity contribution in [1.82, 2.24) is 0 Å². The van der Waals surface area contributed by atoms with Gasteiger partial charge in [0, 0.05) is 5.02 Å². The number of hydrogen-bond acceptors (Lipinski definition) is 0. The van der Waals surface area contributed by atoms with Crippen LogP contribution in [0.15, 0.2) is 39.8 Å². The Hall–Kier alpha value is -0.0500. The molecule has 0 unspecified atom stereocenters. The summed E-state index contributed by atoms with van der Waals surface area (Å²) >= 11 is 12.3. The third kappa shape index (κ3) is 4.65. The summed E-state index contributed by atoms with van der Waals surface area (Å²) in [6, 6.07) is 7.67. The van der Waals surface area contributed by atoms with Crippen LogP contribution < -0.4 is 0 Å². The maximum absolute atomic E-state index is 5.75. The Morgan fingerprint density at radius 2 is 1.77 bits per heavy atom. The summed E-state index contributed by atoms with van der Waals surface area (Å²) in [4.78, 5) is 0. The highest BCUT2D eigenvalue weighted by Gasteiger charge is 1.86. The van der Waals surface area contributed by atoms with Crippen molar-refractivity contribution >= 4 is 49.5 Å². The predicted molar refractivity (Wildman–Crippen MR) is 66.4 cm³/mol. The highest BCUT2D eigenvalue weighted by Crippen LogP contribution is 2.14. The van der Waals surface area contributed by atoms with Crippen LogP contribution in [0.4, 0.5) is 0 Å². The third-order valence-corrected chi connectivity index (χ3v) is 2.16. The third-order valence-electron chi connectivity index (χ3n) is 1.38. The van der Waals surface area contributed by atoms with Gasteiger partial charge in [-0.3, -0.25) is 0 Å². The van der Waals surface area contributed by atoms with Crippen LogP contribution in [-0.2, 0) is 0 Å². The average Bonchev–Trinajstić information content (AvgIpc) is 2.08. The molecule has 0 saturated carbocycles. The van der Waals surface area contributed by atoms with Crippen LogP contribution in [0.5, 0.6) is 0 Å². The molecule has 13 heavy (non-hydrogen) atoms. The van der Waals surface area contributed by atoms with Crippen molar-refractivity contribution in [2.75, 3.05) is 0 Å². The van der Waals surface area contributed by atoms with Gasteiger partial charge in [0.15, 0.2) is 0 Å². The van der Waals surface area contributed by atoms with Crippen LogP contribution in [-0.4, -0.2) is 0 Å². The van der Waals surface area contributed by atoms with Crippen LogP contribution in [0.25, 0.3) is 6.08 Å². The molecule has 0 spiro atoms. The number of allylic oxidation sites excluding steroid dienone is 2. The van der Waals surface area contributed by atoms with Crippen molar-refractivity contribution < 1.29 is 0 Å². The van der Waals surface area contributed by atoms with E-state index in [0.29, 0.717) is 0 Å². The molecule has 0 aliphatic heterocycles. The van der Waals surface area contributed by atoms with E-state index in [4.69, 9.17) is 11.6 Å². The molecule has 0 amide bonds. The summed E-state index contributed by atoms with van der Waals surface area (Å²) in [7, 11) is 0. The smallest absolute Gasteiger partial charge is 0.0604 e. The molecular formula is C10H7Br2Cl. The quantitative estimate of drug-likeness (QED) is 0.673. The summed E-state index contributed by atoms with van der Waals surface area (Å²) < 4.78 is 0.921. The monoisotopic (exact) mass is 320 g/mol. The van der Waals surface area contributed by atoms with Gasteiger partial charge in [0.2, 0.25) is 0 Å². The van der Waals surface area contributed by atoms with E-state index in [1.165, 1.54) is 0 Å². The van der Waals surface area contributed by atoms with Gasteiger partial charge in [-0.2, -0.15) is 0 Å². The lowest BCUT2D eigenvalue weighted by molar-refractivity contribution is 1.66. The largest absolute Gasteiger partial charge is 0.0843 e. The van der Waals surface area contributed by atoms with Crippen molar-refractivity contribution in [1.29, 1.82) is 0 Å². The van der Waals surface area contributed by atoms with Gasteiger partial charge in [-0.25, -0.2) is 0 Å². The van der Waals surface area contributed by atoms with Crippen LogP contribution >= 0.6 is 43.5 Å². The first-order chi connectivity index (χ1) is 6.18. The molecule has 1 aromatic rings. The zero-order valence-electron chi connectivity index (χ0n) is 6.68. The minimum absolute atomic E-state index is 0.759. The Labute approximate surface area is 99.6 Å². The normalized spacial score (nSPS) is 10.4. The maximum Gasteiger partial charge on any atom is 0.0604 e. The minimum Gasteiger partial charge on any atom is -0.0843 e. The number of hydrogen-bond donors (Lipinski definition) is 0. The van der Waals surface area contributed by atoms with Gasteiger partial charge in [-0.15, -0.1) is 0 Å². The molecular weight excluding hydrogens is 315 g/mol. The van der Waals surface area contributed by atoms with E-state index < -0.39 is 0 Å². The predicted octanol–water partition coefficient (Wildman–Crippen LogP) is 4.98. The van der Waals surface area contributed by atoms with Crippen molar-refractivity contribution in [3.8, 4) is 0 Å². The zero-order chi connectivity index (χ0) is 9.68. The highest BCUT2D eigenvalue weighted by molar-refractivity contribution is 9.28. The van der Waals surface area contributed by atoms with Gasteiger partial charge in [0.25, 0.3) is 0 Å². The highest BCUT2D eigenvalue weighted by atomic mass is 79.9. The maximum atomic E-state index is 5.75. The Balaban J connectivity index is 2.70. The molecule has 3 heteroatoms. The zero-order valence-corrected chi connectivity index (χ0v) is 10.6. The lowest BCUT2D eigenvalue weighted by atomic mass is 10.2. The molecule has 0 aromatic heterocycles. The van der Waals surface area contributed by atoms with Crippen LogP contribution in [0, 0.1) is 0 Å². The minimum atomic E-state index is 0.759. The van der Waals surface area contributed by atoms with Crippen LogP contribution in [0.3, 0.4) is 0 Å². The second-order valence-electron chi connectivity index (χ2n) is 2.37. The van der Waals surface area contributed by atoms with Crippen molar-refractivity contribution in [2.24, 2.45) is 0 Å². The molecule has 0 heterocycles. The summed E-state index contributed by atoms with van der Waals surface area (Å²) in [5, 5.41) is 0.759. The molecule has 1 rings (SSSR count). The Morgan fingerprint density at radius 3 is 2.31 bits per heavy atom. The van der Waals surface area contributed by atoms with Crippen LogP contribution in [0.1, 0.15) is 5.56 Å². The van der Waals surface area contributed by atoms with E-state index in [2.05, 4.69) is 31.9 Å². The van der Waals surface area contributed by atoms with Gasteiger partial charge in [0.1, 0.15) is 0 Å². The SMILES string of the molecule is Clc1ccc(C=CC=C(Br)Br)cc1. The first-order valence-electron chi connectivity index (χ1n) is 3.63. The summed E-state index contributed by atoms with van der Waals surface area (Å²) in [5.41, 5.74) is 1.13. The fourth-order valence-electron chi connectivity index (χ4n) is 0.806. The van der Waals surface area contributed by atoms with E-state index in [9.17, 15) is 0 Å². The van der Waals surface area contributed by atoms with Gasteiger partial charge in [-0.1, -0.05) is 35.9 Å². The first-order valence-corrected chi connectivity index (χ1v) is 5.60. The Morgan fingerprint density at radius 1 is 1.15 bits per heavy atom. The lowest BCUT2D eigenvalue weighted by Gasteiger charge is -1.91. The van der Waals surface area contributed by atoms with Crippen molar-refractivity contribution in [3.05, 3.63) is 50.4 Å². The first kappa shape index (κ1) is 11.0. The van der Waals surface area contributed by atoms with E-state index in [1.807, 2.05) is 42.5 Å². The molecule has 0 bridgehead atoms. The summed E-state index contributed by atoms with van der Waals surface area (Å²) in [5.74, 6) is 0. The molecule has 68 valence electrons.